The Morgan fingerprint density at radius 3 is 2.06 bits per heavy atom. The van der Waals surface area contributed by atoms with Crippen LogP contribution in [0.3, 0.4) is 0 Å². The lowest BCUT2D eigenvalue weighted by molar-refractivity contribution is -0.127. The number of amides is 1. The van der Waals surface area contributed by atoms with Crippen molar-refractivity contribution >= 4 is 25.8 Å². The molecule has 3 rings (SSSR count). The van der Waals surface area contributed by atoms with E-state index in [9.17, 15) is 34.8 Å². The van der Waals surface area contributed by atoms with E-state index in [0.29, 0.717) is 18.4 Å². The van der Waals surface area contributed by atoms with Gasteiger partial charge >= 0.3 is 5.51 Å². The first kappa shape index (κ1) is 26.0. The highest BCUT2D eigenvalue weighted by Crippen LogP contribution is 2.34. The van der Waals surface area contributed by atoms with Gasteiger partial charge in [-0.15, -0.1) is 0 Å². The first-order valence-electron chi connectivity index (χ1n) is 10.9. The van der Waals surface area contributed by atoms with Crippen LogP contribution < -0.4 is 5.32 Å². The molecule has 12 heteroatoms. The highest BCUT2D eigenvalue weighted by molar-refractivity contribution is 7.92. The summed E-state index contributed by atoms with van der Waals surface area (Å²) in [6.07, 6.45) is 0.692. The maximum Gasteiger partial charge on any atom is 0.497 e. The number of nitrogens with zero attached hydrogens (tertiary/aromatic N) is 1. The molecule has 7 nitrogen and oxygen atoms in total. The first-order chi connectivity index (χ1) is 15.2. The van der Waals surface area contributed by atoms with Gasteiger partial charge in [0.05, 0.1) is 10.1 Å². The number of alkyl halides is 3. The zero-order valence-corrected chi connectivity index (χ0v) is 20.2. The molecule has 1 aromatic rings. The molecule has 0 bridgehead atoms. The second kappa shape index (κ2) is 9.53. The van der Waals surface area contributed by atoms with Crippen molar-refractivity contribution in [3.63, 3.8) is 0 Å². The molecule has 0 unspecified atom stereocenters. The van der Waals surface area contributed by atoms with Crippen molar-refractivity contribution in [2.24, 2.45) is 5.92 Å². The molecule has 33 heavy (non-hydrogen) atoms. The van der Waals surface area contributed by atoms with Crippen LogP contribution in [0.1, 0.15) is 49.7 Å². The molecule has 1 saturated heterocycles. The number of aryl methyl sites for hydroxylation is 2. The Kier molecular flexibility index (Phi) is 7.50. The van der Waals surface area contributed by atoms with Crippen molar-refractivity contribution in [3.05, 3.63) is 29.3 Å². The van der Waals surface area contributed by atoms with Crippen LogP contribution in [0.2, 0.25) is 0 Å². The molecule has 0 radical (unpaired) electrons. The Bertz CT molecular complexity index is 1090. The summed E-state index contributed by atoms with van der Waals surface area (Å²) in [6, 6.07) is 4.76. The lowest BCUT2D eigenvalue weighted by Crippen LogP contribution is -2.47. The third kappa shape index (κ3) is 5.54. The van der Waals surface area contributed by atoms with Crippen LogP contribution in [0.25, 0.3) is 0 Å². The molecule has 186 valence electrons. The quantitative estimate of drug-likeness (QED) is 0.656. The highest BCUT2D eigenvalue weighted by atomic mass is 32.2. The summed E-state index contributed by atoms with van der Waals surface area (Å²) < 4.78 is 88.7. The summed E-state index contributed by atoms with van der Waals surface area (Å²) in [4.78, 5) is 12.9. The number of halogens is 3. The van der Waals surface area contributed by atoms with E-state index in [1.165, 1.54) is 4.31 Å². The van der Waals surface area contributed by atoms with E-state index in [2.05, 4.69) is 5.32 Å². The van der Waals surface area contributed by atoms with Gasteiger partial charge in [-0.1, -0.05) is 17.7 Å². The molecule has 0 aromatic heterocycles. The zero-order valence-electron chi connectivity index (χ0n) is 18.6. The predicted octanol–water partition coefficient (Wildman–Crippen LogP) is 3.07. The van der Waals surface area contributed by atoms with Gasteiger partial charge in [0.15, 0.2) is 0 Å². The molecule has 1 aromatic carbocycles. The number of piperidine rings is 1. The molecule has 2 fully saturated rings. The van der Waals surface area contributed by atoms with E-state index < -0.39 is 36.5 Å². The van der Waals surface area contributed by atoms with Crippen LogP contribution >= 0.6 is 0 Å². The van der Waals surface area contributed by atoms with Crippen molar-refractivity contribution in [2.75, 3.05) is 13.1 Å². The van der Waals surface area contributed by atoms with Crippen molar-refractivity contribution < 1.29 is 34.8 Å². The van der Waals surface area contributed by atoms with Gasteiger partial charge in [-0.3, -0.25) is 4.79 Å². The number of benzene rings is 1. The van der Waals surface area contributed by atoms with Crippen LogP contribution in [-0.2, 0) is 24.7 Å². The third-order valence-corrected chi connectivity index (χ3v) is 10.6. The fraction of sp³-hybridized carbons (Fsp3) is 0.667. The Morgan fingerprint density at radius 1 is 0.970 bits per heavy atom. The second-order valence-electron chi connectivity index (χ2n) is 8.92. The molecule has 1 aliphatic carbocycles. The van der Waals surface area contributed by atoms with Crippen LogP contribution in [0.5, 0.6) is 0 Å². The van der Waals surface area contributed by atoms with E-state index in [0.717, 1.165) is 5.56 Å². The summed E-state index contributed by atoms with van der Waals surface area (Å²) in [5, 5.41) is 1.35. The summed E-state index contributed by atoms with van der Waals surface area (Å²) in [7, 11) is -8.86. The fourth-order valence-corrected chi connectivity index (χ4v) is 7.56. The third-order valence-electron chi connectivity index (χ3n) is 6.56. The van der Waals surface area contributed by atoms with Crippen molar-refractivity contribution in [1.29, 1.82) is 0 Å². The van der Waals surface area contributed by atoms with E-state index in [4.69, 9.17) is 0 Å². The van der Waals surface area contributed by atoms with Crippen LogP contribution in [0.15, 0.2) is 23.1 Å². The normalized spacial score (nSPS) is 23.9. The molecule has 1 saturated carbocycles. The average Bonchev–Trinajstić information content (AvgIpc) is 2.73. The van der Waals surface area contributed by atoms with Crippen LogP contribution in [-0.4, -0.2) is 56.9 Å². The van der Waals surface area contributed by atoms with E-state index in [1.807, 2.05) is 13.0 Å². The number of rotatable bonds is 5. The van der Waals surface area contributed by atoms with Crippen LogP contribution in [0, 0.1) is 19.8 Å². The first-order valence-corrected chi connectivity index (χ1v) is 13.9. The van der Waals surface area contributed by atoms with E-state index >= 15 is 0 Å². The van der Waals surface area contributed by atoms with Gasteiger partial charge in [0.2, 0.25) is 15.9 Å². The molecule has 1 aliphatic heterocycles. The van der Waals surface area contributed by atoms with Gasteiger partial charge in [0.1, 0.15) is 0 Å². The fourth-order valence-electron chi connectivity index (χ4n) is 4.61. The Labute approximate surface area is 192 Å². The van der Waals surface area contributed by atoms with Crippen molar-refractivity contribution in [1.82, 2.24) is 9.62 Å². The second-order valence-corrected chi connectivity index (χ2v) is 13.0. The Morgan fingerprint density at radius 2 is 1.55 bits per heavy atom. The van der Waals surface area contributed by atoms with E-state index in [-0.39, 0.29) is 55.6 Å². The molecule has 0 atom stereocenters. The van der Waals surface area contributed by atoms with Gasteiger partial charge in [-0.25, -0.2) is 16.8 Å². The number of nitrogens with one attached hydrogen (secondary N) is 1. The number of sulfone groups is 1. The maximum absolute atomic E-state index is 13.0. The summed E-state index contributed by atoms with van der Waals surface area (Å²) in [5.74, 6) is -0.659. The summed E-state index contributed by atoms with van der Waals surface area (Å²) in [5.41, 5.74) is -3.64. The number of carbonyl (C=O) groups is 1. The molecular formula is C21H29F3N2O5S2. The molecule has 1 N–H and O–H groups in total. The van der Waals surface area contributed by atoms with E-state index in [1.54, 1.807) is 19.1 Å². The largest absolute Gasteiger partial charge is 0.497 e. The number of carbonyl (C=O) groups excluding carboxylic acids is 1. The Balaban J connectivity index is 1.52. The van der Waals surface area contributed by atoms with Crippen molar-refractivity contribution in [3.8, 4) is 0 Å². The van der Waals surface area contributed by atoms with Gasteiger partial charge in [0.25, 0.3) is 9.84 Å². The number of hydrogen-bond acceptors (Lipinski definition) is 5. The topological polar surface area (TPSA) is 101 Å². The van der Waals surface area contributed by atoms with Gasteiger partial charge < -0.3 is 5.32 Å². The monoisotopic (exact) mass is 510 g/mol. The van der Waals surface area contributed by atoms with Gasteiger partial charge in [-0.05, 0) is 64.0 Å². The smallest absolute Gasteiger partial charge is 0.353 e. The van der Waals surface area contributed by atoms with Gasteiger partial charge in [-0.2, -0.15) is 17.5 Å². The minimum Gasteiger partial charge on any atom is -0.353 e. The van der Waals surface area contributed by atoms with Gasteiger partial charge in [0, 0.05) is 25.0 Å². The lowest BCUT2D eigenvalue weighted by atomic mass is 9.92. The lowest BCUT2D eigenvalue weighted by Gasteiger charge is -2.33. The molecule has 1 amide bonds. The SMILES string of the molecule is Cc1ccc(S(=O)(=O)N2CCC(C(=O)NC3CCC(S(=O)(=O)C(F)(F)F)CC3)CC2)c(C)c1. The Hall–Kier alpha value is -1.66. The minimum atomic E-state index is -5.26. The maximum atomic E-state index is 13.0. The average molecular weight is 511 g/mol. The molecule has 0 spiro atoms. The number of sulfonamides is 1. The minimum absolute atomic E-state index is 0.153. The standard InChI is InChI=1S/C21H29F3N2O5S2/c1-14-3-8-19(15(2)13-14)33(30,31)26-11-9-16(10-12-26)20(27)25-17-4-6-18(7-5-17)32(28,29)21(22,23)24/h3,8,13,16-18H,4-7,9-12H2,1-2H3,(H,25,27). The highest BCUT2D eigenvalue weighted by Gasteiger charge is 2.51. The molecule has 2 aliphatic rings. The van der Waals surface area contributed by atoms with Crippen LogP contribution in [0.4, 0.5) is 13.2 Å². The molecular weight excluding hydrogens is 481 g/mol. The summed E-state index contributed by atoms with van der Waals surface area (Å²) in [6.45, 7) is 4.03. The predicted molar refractivity (Wildman–Crippen MR) is 117 cm³/mol. The molecule has 1 heterocycles. The van der Waals surface area contributed by atoms with Crippen molar-refractivity contribution in [2.45, 2.75) is 74.1 Å². The number of hydrogen-bond donors (Lipinski definition) is 1. The summed E-state index contributed by atoms with van der Waals surface area (Å²) >= 11 is 0. The zero-order chi connectivity index (χ0) is 24.6.